The van der Waals surface area contributed by atoms with Gasteiger partial charge in [-0.25, -0.2) is 4.79 Å². The zero-order valence-electron chi connectivity index (χ0n) is 11.1. The second-order valence-corrected chi connectivity index (χ2v) is 5.09. The van der Waals surface area contributed by atoms with Crippen LogP contribution in [0.3, 0.4) is 0 Å². The Hall–Kier alpha value is -1.89. The number of hydrogen-bond acceptors (Lipinski definition) is 4. The van der Waals surface area contributed by atoms with Crippen molar-refractivity contribution in [1.82, 2.24) is 20.2 Å². The maximum Gasteiger partial charge on any atom is 0.325 e. The van der Waals surface area contributed by atoms with Gasteiger partial charge in [0.1, 0.15) is 5.56 Å². The van der Waals surface area contributed by atoms with Crippen molar-refractivity contribution in [1.29, 1.82) is 0 Å². The van der Waals surface area contributed by atoms with Crippen molar-refractivity contribution in [3.8, 4) is 0 Å². The molecule has 0 spiro atoms. The van der Waals surface area contributed by atoms with E-state index < -0.39 is 11.2 Å². The van der Waals surface area contributed by atoms with Gasteiger partial charge in [-0.15, -0.1) is 0 Å². The highest BCUT2D eigenvalue weighted by Gasteiger charge is 2.31. The summed E-state index contributed by atoms with van der Waals surface area (Å²) >= 11 is 0. The molecule has 0 saturated carbocycles. The van der Waals surface area contributed by atoms with E-state index >= 15 is 0 Å². The lowest BCUT2D eigenvalue weighted by molar-refractivity contribution is 0.0659. The van der Waals surface area contributed by atoms with Crippen molar-refractivity contribution in [3.63, 3.8) is 0 Å². The van der Waals surface area contributed by atoms with E-state index in [1.807, 2.05) is 7.05 Å². The van der Waals surface area contributed by atoms with Gasteiger partial charge in [0.25, 0.3) is 11.5 Å². The summed E-state index contributed by atoms with van der Waals surface area (Å²) in [6, 6.07) is 0. The number of aromatic amines is 2. The Labute approximate surface area is 110 Å². The van der Waals surface area contributed by atoms with Gasteiger partial charge < -0.3 is 15.2 Å². The first-order chi connectivity index (χ1) is 8.95. The summed E-state index contributed by atoms with van der Waals surface area (Å²) in [4.78, 5) is 40.7. The number of nitrogens with zero attached hydrogens (tertiary/aromatic N) is 1. The Morgan fingerprint density at radius 2 is 2.00 bits per heavy atom. The molecule has 1 aromatic rings. The third kappa shape index (κ3) is 2.76. The molecule has 1 fully saturated rings. The first kappa shape index (κ1) is 13.5. The first-order valence-corrected chi connectivity index (χ1v) is 6.25. The van der Waals surface area contributed by atoms with Crippen molar-refractivity contribution >= 4 is 5.91 Å². The molecule has 1 saturated heterocycles. The third-order valence-electron chi connectivity index (χ3n) is 3.81. The molecule has 2 rings (SSSR count). The predicted octanol–water partition coefficient (Wildman–Crippen LogP) is -0.723. The molecule has 104 valence electrons. The van der Waals surface area contributed by atoms with E-state index in [2.05, 4.69) is 22.2 Å². The summed E-state index contributed by atoms with van der Waals surface area (Å²) in [6.45, 7) is 3.30. The van der Waals surface area contributed by atoms with Crippen LogP contribution in [-0.2, 0) is 0 Å². The van der Waals surface area contributed by atoms with Crippen LogP contribution in [0.15, 0.2) is 15.8 Å². The van der Waals surface area contributed by atoms with Crippen molar-refractivity contribution in [3.05, 3.63) is 32.6 Å². The van der Waals surface area contributed by atoms with E-state index in [0.29, 0.717) is 13.1 Å². The summed E-state index contributed by atoms with van der Waals surface area (Å²) in [7, 11) is 1.91. The molecule has 0 aliphatic carbocycles. The minimum absolute atomic E-state index is 0.0207. The lowest BCUT2D eigenvalue weighted by Crippen LogP contribution is -2.52. The Morgan fingerprint density at radius 3 is 2.53 bits per heavy atom. The van der Waals surface area contributed by atoms with Gasteiger partial charge in [0.15, 0.2) is 0 Å². The number of rotatable bonds is 2. The second kappa shape index (κ2) is 5.00. The van der Waals surface area contributed by atoms with Crippen LogP contribution in [-0.4, -0.2) is 46.5 Å². The molecule has 2 heterocycles. The number of nitrogens with one attached hydrogen (secondary N) is 3. The van der Waals surface area contributed by atoms with Crippen LogP contribution in [0, 0.1) is 0 Å². The van der Waals surface area contributed by atoms with E-state index in [1.165, 1.54) is 6.20 Å². The topological polar surface area (TPSA) is 98.1 Å². The smallest absolute Gasteiger partial charge is 0.325 e. The molecule has 0 atom stereocenters. The zero-order chi connectivity index (χ0) is 14.0. The minimum atomic E-state index is -0.643. The number of carbonyl (C=O) groups excluding carboxylic acids is 1. The molecule has 0 unspecified atom stereocenters. The Kier molecular flexibility index (Phi) is 3.57. The van der Waals surface area contributed by atoms with Gasteiger partial charge in [0.2, 0.25) is 0 Å². The lowest BCUT2D eigenvalue weighted by atomic mass is 9.90. The molecule has 0 radical (unpaired) electrons. The average molecular weight is 266 g/mol. The normalized spacial score (nSPS) is 18.3. The van der Waals surface area contributed by atoms with Crippen molar-refractivity contribution < 1.29 is 4.79 Å². The van der Waals surface area contributed by atoms with E-state index in [9.17, 15) is 14.4 Å². The van der Waals surface area contributed by atoms with Crippen LogP contribution in [0.5, 0.6) is 0 Å². The second-order valence-electron chi connectivity index (χ2n) is 5.09. The molecule has 19 heavy (non-hydrogen) atoms. The lowest BCUT2D eigenvalue weighted by Gasteiger charge is -2.39. The van der Waals surface area contributed by atoms with Crippen molar-refractivity contribution in [2.75, 3.05) is 20.1 Å². The molecule has 7 heteroatoms. The van der Waals surface area contributed by atoms with Gasteiger partial charge >= 0.3 is 5.69 Å². The number of H-pyrrole nitrogens is 2. The average Bonchev–Trinajstić information content (AvgIpc) is 2.39. The predicted molar refractivity (Wildman–Crippen MR) is 70.3 cm³/mol. The van der Waals surface area contributed by atoms with Crippen LogP contribution in [0.2, 0.25) is 0 Å². The molecule has 1 aliphatic heterocycles. The quantitative estimate of drug-likeness (QED) is 0.658. The standard InChI is InChI=1S/C12H18N4O3/c1-12(13-2)3-5-16(6-4-12)10(18)8-7-14-11(19)15-9(8)17/h7,13H,3-6H2,1-2H3,(H2,14,15,17,19). The Balaban J connectivity index is 2.14. The van der Waals surface area contributed by atoms with Crippen molar-refractivity contribution in [2.24, 2.45) is 0 Å². The summed E-state index contributed by atoms with van der Waals surface area (Å²) in [5.74, 6) is -0.337. The molecule has 1 amide bonds. The monoisotopic (exact) mass is 266 g/mol. The summed E-state index contributed by atoms with van der Waals surface area (Å²) in [5.41, 5.74) is -1.24. The zero-order valence-corrected chi connectivity index (χ0v) is 11.1. The minimum Gasteiger partial charge on any atom is -0.338 e. The number of carbonyl (C=O) groups is 1. The van der Waals surface area contributed by atoms with Gasteiger partial charge in [-0.3, -0.25) is 14.6 Å². The van der Waals surface area contributed by atoms with Crippen LogP contribution in [0.4, 0.5) is 0 Å². The molecule has 3 N–H and O–H groups in total. The maximum absolute atomic E-state index is 12.2. The van der Waals surface area contributed by atoms with E-state index in [-0.39, 0.29) is 17.0 Å². The van der Waals surface area contributed by atoms with Gasteiger partial charge in [0.05, 0.1) is 0 Å². The number of hydrogen-bond donors (Lipinski definition) is 3. The van der Waals surface area contributed by atoms with Crippen LogP contribution in [0.25, 0.3) is 0 Å². The molecular weight excluding hydrogens is 248 g/mol. The number of aromatic nitrogens is 2. The van der Waals surface area contributed by atoms with Gasteiger partial charge in [-0.05, 0) is 26.8 Å². The SMILES string of the molecule is CNC1(C)CCN(C(=O)c2c[nH]c(=O)[nH]c2=O)CC1. The van der Waals surface area contributed by atoms with E-state index in [0.717, 1.165) is 12.8 Å². The fourth-order valence-electron chi connectivity index (χ4n) is 2.19. The number of piperidine rings is 1. The Morgan fingerprint density at radius 1 is 1.37 bits per heavy atom. The van der Waals surface area contributed by atoms with Gasteiger partial charge in [0, 0.05) is 24.8 Å². The molecular formula is C12H18N4O3. The fourth-order valence-corrected chi connectivity index (χ4v) is 2.19. The van der Waals surface area contributed by atoms with Gasteiger partial charge in [-0.2, -0.15) is 0 Å². The molecule has 1 aromatic heterocycles. The van der Waals surface area contributed by atoms with Crippen molar-refractivity contribution in [2.45, 2.75) is 25.3 Å². The fraction of sp³-hybridized carbons (Fsp3) is 0.583. The number of likely N-dealkylation sites (tertiary alicyclic amines) is 1. The first-order valence-electron chi connectivity index (χ1n) is 6.25. The van der Waals surface area contributed by atoms with Gasteiger partial charge in [-0.1, -0.05) is 0 Å². The summed E-state index contributed by atoms with van der Waals surface area (Å²) in [6.07, 6.45) is 2.84. The Bertz CT molecular complexity index is 581. The van der Waals surface area contributed by atoms with Crippen LogP contribution >= 0.6 is 0 Å². The third-order valence-corrected chi connectivity index (χ3v) is 3.81. The highest BCUT2D eigenvalue weighted by atomic mass is 16.2. The largest absolute Gasteiger partial charge is 0.338 e. The maximum atomic E-state index is 12.2. The summed E-state index contributed by atoms with van der Waals surface area (Å²) in [5, 5.41) is 3.25. The molecule has 1 aliphatic rings. The van der Waals surface area contributed by atoms with Crippen LogP contribution < -0.4 is 16.6 Å². The van der Waals surface area contributed by atoms with E-state index in [1.54, 1.807) is 4.90 Å². The number of amides is 1. The molecule has 0 bridgehead atoms. The van der Waals surface area contributed by atoms with E-state index in [4.69, 9.17) is 0 Å². The summed E-state index contributed by atoms with van der Waals surface area (Å²) < 4.78 is 0. The van der Waals surface area contributed by atoms with Crippen LogP contribution in [0.1, 0.15) is 30.1 Å². The molecule has 0 aromatic carbocycles. The molecule has 7 nitrogen and oxygen atoms in total. The highest BCUT2D eigenvalue weighted by molar-refractivity contribution is 5.93. The highest BCUT2D eigenvalue weighted by Crippen LogP contribution is 2.21.